The van der Waals surface area contributed by atoms with Crippen LogP contribution in [-0.4, -0.2) is 30.3 Å². The summed E-state index contributed by atoms with van der Waals surface area (Å²) in [5.74, 6) is -0.326. The van der Waals surface area contributed by atoms with Gasteiger partial charge in [0.2, 0.25) is 5.76 Å². The van der Waals surface area contributed by atoms with Crippen LogP contribution >= 0.6 is 0 Å². The van der Waals surface area contributed by atoms with Crippen LogP contribution < -0.4 is 14.9 Å². The van der Waals surface area contributed by atoms with Crippen LogP contribution in [0.2, 0.25) is 0 Å². The molecule has 0 bridgehead atoms. The summed E-state index contributed by atoms with van der Waals surface area (Å²) in [7, 11) is 1.50. The maximum atomic E-state index is 12.1. The van der Waals surface area contributed by atoms with Gasteiger partial charge in [-0.05, 0) is 55.0 Å². The van der Waals surface area contributed by atoms with Crippen molar-refractivity contribution >= 4 is 18.1 Å². The van der Waals surface area contributed by atoms with Crippen LogP contribution in [0.15, 0.2) is 64.1 Å². The number of nitrogens with zero attached hydrogens (tertiary/aromatic N) is 1. The Morgan fingerprint density at radius 1 is 1.10 bits per heavy atom. The van der Waals surface area contributed by atoms with Crippen molar-refractivity contribution in [3.05, 3.63) is 82.8 Å². The number of methoxy groups -OCH3 is 1. The zero-order valence-corrected chi connectivity index (χ0v) is 16.4. The minimum absolute atomic E-state index is 0.0453. The van der Waals surface area contributed by atoms with Gasteiger partial charge in [-0.15, -0.1) is 0 Å². The predicted molar refractivity (Wildman–Crippen MR) is 109 cm³/mol. The Hall–Kier alpha value is -4.07. The smallest absolute Gasteiger partial charge is 0.371 e. The minimum atomic E-state index is -1.14. The number of carboxylic acid groups (broad SMARTS) is 1. The van der Waals surface area contributed by atoms with Gasteiger partial charge in [-0.2, -0.15) is 5.10 Å². The third kappa shape index (κ3) is 5.26. The fourth-order valence-corrected chi connectivity index (χ4v) is 2.54. The fraction of sp³-hybridized carbons (Fsp3) is 0.136. The second-order valence-electron chi connectivity index (χ2n) is 6.34. The molecule has 0 radical (unpaired) electrons. The molecule has 154 valence electrons. The van der Waals surface area contributed by atoms with E-state index in [1.807, 2.05) is 19.1 Å². The van der Waals surface area contributed by atoms with Crippen LogP contribution in [0, 0.1) is 6.92 Å². The zero-order valence-electron chi connectivity index (χ0n) is 16.4. The van der Waals surface area contributed by atoms with Gasteiger partial charge in [-0.3, -0.25) is 4.79 Å². The first-order valence-corrected chi connectivity index (χ1v) is 8.99. The molecule has 0 aliphatic rings. The summed E-state index contributed by atoms with van der Waals surface area (Å²) in [6.07, 6.45) is 1.49. The average Bonchev–Trinajstić information content (AvgIpc) is 3.22. The third-order valence-electron chi connectivity index (χ3n) is 4.12. The first-order chi connectivity index (χ1) is 14.5. The molecule has 0 spiro atoms. The van der Waals surface area contributed by atoms with Gasteiger partial charge in [-0.25, -0.2) is 10.2 Å². The van der Waals surface area contributed by atoms with Crippen molar-refractivity contribution in [2.45, 2.75) is 13.5 Å². The highest BCUT2D eigenvalue weighted by molar-refractivity contribution is 5.95. The highest BCUT2D eigenvalue weighted by atomic mass is 16.5. The molecule has 8 nitrogen and oxygen atoms in total. The number of aryl methyl sites for hydroxylation is 1. The normalized spacial score (nSPS) is 10.7. The number of carboxylic acids is 1. The lowest BCUT2D eigenvalue weighted by Gasteiger charge is -2.10. The summed E-state index contributed by atoms with van der Waals surface area (Å²) >= 11 is 0. The highest BCUT2D eigenvalue weighted by Crippen LogP contribution is 2.28. The van der Waals surface area contributed by atoms with Crippen LogP contribution in [-0.2, 0) is 6.61 Å². The molecule has 0 aliphatic carbocycles. The van der Waals surface area contributed by atoms with Gasteiger partial charge in [0.25, 0.3) is 5.91 Å². The van der Waals surface area contributed by atoms with Crippen molar-refractivity contribution in [3.63, 3.8) is 0 Å². The monoisotopic (exact) mass is 408 g/mol. The second kappa shape index (κ2) is 9.42. The summed E-state index contributed by atoms with van der Waals surface area (Å²) in [6.45, 7) is 1.99. The summed E-state index contributed by atoms with van der Waals surface area (Å²) < 4.78 is 16.1. The number of carbonyl (C=O) groups excluding carboxylic acids is 1. The molecule has 1 heterocycles. The van der Waals surface area contributed by atoms with Crippen molar-refractivity contribution < 1.29 is 28.6 Å². The Balaban J connectivity index is 1.61. The molecule has 0 saturated heterocycles. The number of hydrogen-bond acceptors (Lipinski definition) is 6. The van der Waals surface area contributed by atoms with Gasteiger partial charge < -0.3 is 19.0 Å². The van der Waals surface area contributed by atoms with E-state index in [0.717, 1.165) is 5.56 Å². The first kappa shape index (κ1) is 20.7. The molecule has 0 fully saturated rings. The van der Waals surface area contributed by atoms with Crippen LogP contribution in [0.25, 0.3) is 0 Å². The average molecular weight is 408 g/mol. The van der Waals surface area contributed by atoms with E-state index in [1.165, 1.54) is 25.5 Å². The van der Waals surface area contributed by atoms with Gasteiger partial charge in [0.1, 0.15) is 12.4 Å². The number of amides is 1. The molecule has 3 aromatic rings. The van der Waals surface area contributed by atoms with E-state index in [4.69, 9.17) is 19.0 Å². The Kier molecular flexibility index (Phi) is 6.49. The number of benzene rings is 2. The molecule has 1 amide bonds. The Morgan fingerprint density at radius 2 is 1.87 bits per heavy atom. The molecule has 2 N–H and O–H groups in total. The van der Waals surface area contributed by atoms with E-state index in [-0.39, 0.29) is 18.3 Å². The maximum Gasteiger partial charge on any atom is 0.371 e. The third-order valence-corrected chi connectivity index (χ3v) is 4.12. The van der Waals surface area contributed by atoms with Gasteiger partial charge >= 0.3 is 5.97 Å². The van der Waals surface area contributed by atoms with Gasteiger partial charge in [-0.1, -0.05) is 17.7 Å². The summed E-state index contributed by atoms with van der Waals surface area (Å²) in [4.78, 5) is 22.9. The number of nitrogens with one attached hydrogen (secondary N) is 1. The molecule has 1 aromatic heterocycles. The van der Waals surface area contributed by atoms with E-state index < -0.39 is 5.97 Å². The molecule has 0 unspecified atom stereocenters. The standard InChI is InChI=1S/C22H20N2O6/c1-14-3-6-16(7-4-14)21(25)24-23-12-15-5-9-18(20(11-15)28-2)29-13-17-8-10-19(30-17)22(26)27/h3-12H,13H2,1-2H3,(H,24,25)(H,26,27). The van der Waals surface area contributed by atoms with E-state index in [1.54, 1.807) is 30.3 Å². The Labute approximate surface area is 172 Å². The highest BCUT2D eigenvalue weighted by Gasteiger charge is 2.11. The SMILES string of the molecule is COc1cc(C=NNC(=O)c2ccc(C)cc2)ccc1OCc1ccc(C(=O)O)o1. The Morgan fingerprint density at radius 3 is 2.53 bits per heavy atom. The number of rotatable bonds is 8. The molecular weight excluding hydrogens is 388 g/mol. The zero-order chi connectivity index (χ0) is 21.5. The van der Waals surface area contributed by atoms with E-state index in [9.17, 15) is 9.59 Å². The van der Waals surface area contributed by atoms with E-state index in [2.05, 4.69) is 10.5 Å². The molecule has 30 heavy (non-hydrogen) atoms. The lowest BCUT2D eigenvalue weighted by molar-refractivity contribution is 0.0657. The van der Waals surface area contributed by atoms with Crippen LogP contribution in [0.4, 0.5) is 0 Å². The lowest BCUT2D eigenvalue weighted by atomic mass is 10.1. The number of carbonyl (C=O) groups is 2. The minimum Gasteiger partial charge on any atom is -0.493 e. The number of hydrogen-bond donors (Lipinski definition) is 2. The fourth-order valence-electron chi connectivity index (χ4n) is 2.54. The van der Waals surface area contributed by atoms with Gasteiger partial charge in [0.05, 0.1) is 13.3 Å². The van der Waals surface area contributed by atoms with Crippen molar-refractivity contribution in [1.29, 1.82) is 0 Å². The molecule has 0 aliphatic heterocycles. The van der Waals surface area contributed by atoms with Crippen LogP contribution in [0.5, 0.6) is 11.5 Å². The first-order valence-electron chi connectivity index (χ1n) is 8.99. The second-order valence-corrected chi connectivity index (χ2v) is 6.34. The predicted octanol–water partition coefficient (Wildman–Crippen LogP) is 3.64. The van der Waals surface area contributed by atoms with E-state index in [0.29, 0.717) is 28.4 Å². The molecule has 3 rings (SSSR count). The lowest BCUT2D eigenvalue weighted by Crippen LogP contribution is -2.17. The molecule has 2 aromatic carbocycles. The van der Waals surface area contributed by atoms with Crippen molar-refractivity contribution in [2.75, 3.05) is 7.11 Å². The number of hydrazone groups is 1. The van der Waals surface area contributed by atoms with Crippen LogP contribution in [0.1, 0.15) is 37.8 Å². The molecular formula is C22H20N2O6. The summed E-state index contributed by atoms with van der Waals surface area (Å²) in [5.41, 5.74) is 4.75. The number of ether oxygens (including phenoxy) is 2. The molecule has 0 saturated carbocycles. The van der Waals surface area contributed by atoms with Crippen LogP contribution in [0.3, 0.4) is 0 Å². The van der Waals surface area contributed by atoms with Gasteiger partial charge in [0, 0.05) is 5.56 Å². The number of aromatic carboxylic acids is 1. The van der Waals surface area contributed by atoms with Crippen molar-refractivity contribution in [2.24, 2.45) is 5.10 Å². The van der Waals surface area contributed by atoms with E-state index >= 15 is 0 Å². The number of furan rings is 1. The maximum absolute atomic E-state index is 12.1. The van der Waals surface area contributed by atoms with Gasteiger partial charge in [0.15, 0.2) is 11.5 Å². The largest absolute Gasteiger partial charge is 0.493 e. The topological polar surface area (TPSA) is 110 Å². The quantitative estimate of drug-likeness (QED) is 0.435. The molecule has 8 heteroatoms. The van der Waals surface area contributed by atoms with Crippen molar-refractivity contribution in [1.82, 2.24) is 5.43 Å². The van der Waals surface area contributed by atoms with Crippen molar-refractivity contribution in [3.8, 4) is 11.5 Å². The summed E-state index contributed by atoms with van der Waals surface area (Å²) in [6, 6.07) is 15.2. The summed E-state index contributed by atoms with van der Waals surface area (Å²) in [5, 5.41) is 12.9. The molecule has 0 atom stereocenters. The Bertz CT molecular complexity index is 1070.